The quantitative estimate of drug-likeness (QED) is 0.180. The maximum absolute atomic E-state index is 5.14. The Bertz CT molecular complexity index is 2930. The van der Waals surface area contributed by atoms with Gasteiger partial charge in [0.05, 0.1) is 39.0 Å². The number of hydrogen-bond acceptors (Lipinski definition) is 5. The van der Waals surface area contributed by atoms with Gasteiger partial charge >= 0.3 is 0 Å². The Labute approximate surface area is 287 Å². The molecule has 5 heterocycles. The van der Waals surface area contributed by atoms with Gasteiger partial charge in [-0.25, -0.2) is 9.97 Å². The van der Waals surface area contributed by atoms with Crippen molar-refractivity contribution in [1.82, 2.24) is 24.9 Å². The van der Waals surface area contributed by atoms with E-state index in [2.05, 4.69) is 142 Å². The van der Waals surface area contributed by atoms with E-state index in [0.29, 0.717) is 0 Å². The molecule has 0 radical (unpaired) electrons. The van der Waals surface area contributed by atoms with Crippen molar-refractivity contribution in [1.29, 1.82) is 0 Å². The predicted octanol–water partition coefficient (Wildman–Crippen LogP) is 11.1. The summed E-state index contributed by atoms with van der Waals surface area (Å²) in [5.74, 6) is 0. The van der Waals surface area contributed by atoms with Crippen molar-refractivity contribution in [3.63, 3.8) is 0 Å². The summed E-state index contributed by atoms with van der Waals surface area (Å²) in [5.41, 5.74) is 13.1. The van der Waals surface area contributed by atoms with Crippen molar-refractivity contribution in [3.05, 3.63) is 164 Å². The van der Waals surface area contributed by atoms with E-state index < -0.39 is 0 Å². The maximum Gasteiger partial charge on any atom is 0.0970 e. The highest BCUT2D eigenvalue weighted by molar-refractivity contribution is 6.10. The molecule has 10 rings (SSSR count). The molecular weight excluding hydrogens is 611 g/mol. The lowest BCUT2D eigenvalue weighted by atomic mass is 9.95. The minimum absolute atomic E-state index is 0.906. The Hall–Kier alpha value is -6.85. The standard InChI is InChI=1S/C45H27N5/c1-5-32-6-2-22-46-43(32)37(8-1)40-21-19-31-15-17-34(27-42(31)50-40)39-20-18-30-14-16-33(26-41(30)49-39)28-10-12-29(13-11-28)38-25-35-7-3-23-47-44(35)45-36(38)9-4-24-48-45/h1-27H. The average molecular weight is 638 g/mol. The van der Waals surface area contributed by atoms with Crippen LogP contribution in [-0.4, -0.2) is 24.9 Å². The molecular formula is C45H27N5. The number of nitrogens with zero attached hydrogens (tertiary/aromatic N) is 5. The third-order valence-corrected chi connectivity index (χ3v) is 9.58. The third-order valence-electron chi connectivity index (χ3n) is 9.58. The van der Waals surface area contributed by atoms with Crippen LogP contribution >= 0.6 is 0 Å². The number of rotatable bonds is 4. The van der Waals surface area contributed by atoms with Crippen molar-refractivity contribution in [2.75, 3.05) is 0 Å². The molecule has 0 amide bonds. The summed E-state index contributed by atoms with van der Waals surface area (Å²) < 4.78 is 0. The first kappa shape index (κ1) is 28.2. The van der Waals surface area contributed by atoms with Gasteiger partial charge in [0.25, 0.3) is 0 Å². The SMILES string of the molecule is c1cnc2c(-c3ccc4ccc(-c5ccc6ccc(-c7ccc(-c8cc9cccnc9c9ncccc89)cc7)cc6n5)cc4n3)cccc2c1. The van der Waals surface area contributed by atoms with Crippen LogP contribution in [0.5, 0.6) is 0 Å². The molecule has 0 saturated heterocycles. The average Bonchev–Trinajstić information content (AvgIpc) is 3.19. The maximum atomic E-state index is 5.14. The molecule has 5 nitrogen and oxygen atoms in total. The van der Waals surface area contributed by atoms with Crippen LogP contribution in [0.3, 0.4) is 0 Å². The van der Waals surface area contributed by atoms with Crippen LogP contribution in [0, 0.1) is 0 Å². The van der Waals surface area contributed by atoms with Gasteiger partial charge in [0.15, 0.2) is 0 Å². The van der Waals surface area contributed by atoms with E-state index in [4.69, 9.17) is 9.97 Å². The van der Waals surface area contributed by atoms with Gasteiger partial charge in [-0.3, -0.25) is 15.0 Å². The van der Waals surface area contributed by atoms with Crippen molar-refractivity contribution >= 4 is 54.5 Å². The fraction of sp³-hybridized carbons (Fsp3) is 0. The number of pyridine rings is 5. The Morgan fingerprint density at radius 2 is 0.900 bits per heavy atom. The van der Waals surface area contributed by atoms with Crippen molar-refractivity contribution in [3.8, 4) is 44.8 Å². The minimum Gasteiger partial charge on any atom is -0.256 e. The second-order valence-electron chi connectivity index (χ2n) is 12.6. The molecule has 232 valence electrons. The first-order chi connectivity index (χ1) is 24.7. The van der Waals surface area contributed by atoms with Gasteiger partial charge in [-0.2, -0.15) is 0 Å². The van der Waals surface area contributed by atoms with Gasteiger partial charge in [0.1, 0.15) is 0 Å². The number of fused-ring (bicyclic) bond motifs is 6. The zero-order chi connectivity index (χ0) is 33.0. The van der Waals surface area contributed by atoms with Crippen LogP contribution in [0.15, 0.2) is 164 Å². The van der Waals surface area contributed by atoms with E-state index in [9.17, 15) is 0 Å². The van der Waals surface area contributed by atoms with Gasteiger partial charge < -0.3 is 0 Å². The molecule has 0 spiro atoms. The fourth-order valence-electron chi connectivity index (χ4n) is 7.05. The topological polar surface area (TPSA) is 64.5 Å². The summed E-state index contributed by atoms with van der Waals surface area (Å²) in [6, 6.07) is 50.8. The zero-order valence-electron chi connectivity index (χ0n) is 26.8. The second kappa shape index (κ2) is 11.4. The van der Waals surface area contributed by atoms with Crippen molar-refractivity contribution in [2.24, 2.45) is 0 Å². The van der Waals surface area contributed by atoms with E-state index in [1.807, 2.05) is 36.8 Å². The number of aromatic nitrogens is 5. The monoisotopic (exact) mass is 637 g/mol. The summed E-state index contributed by atoms with van der Waals surface area (Å²) in [6.45, 7) is 0. The molecule has 5 heteroatoms. The molecule has 10 aromatic rings. The molecule has 0 aliphatic rings. The van der Waals surface area contributed by atoms with E-state index >= 15 is 0 Å². The normalized spacial score (nSPS) is 11.6. The number of benzene rings is 5. The van der Waals surface area contributed by atoms with Gasteiger partial charge in [-0.05, 0) is 70.8 Å². The molecule has 0 N–H and O–H groups in total. The Balaban J connectivity index is 0.998. The summed E-state index contributed by atoms with van der Waals surface area (Å²) in [4.78, 5) is 24.2. The number of hydrogen-bond donors (Lipinski definition) is 0. The van der Waals surface area contributed by atoms with E-state index in [1.165, 1.54) is 0 Å². The molecule has 0 fully saturated rings. The summed E-state index contributed by atoms with van der Waals surface area (Å²) in [5, 5.41) is 5.47. The van der Waals surface area contributed by atoms with Crippen LogP contribution in [0.2, 0.25) is 0 Å². The molecule has 5 aromatic heterocycles. The largest absolute Gasteiger partial charge is 0.256 e. The molecule has 0 atom stereocenters. The van der Waals surface area contributed by atoms with Crippen LogP contribution in [0.1, 0.15) is 0 Å². The van der Waals surface area contributed by atoms with Crippen molar-refractivity contribution in [2.45, 2.75) is 0 Å². The summed E-state index contributed by atoms with van der Waals surface area (Å²) >= 11 is 0. The van der Waals surface area contributed by atoms with E-state index in [1.54, 1.807) is 0 Å². The summed E-state index contributed by atoms with van der Waals surface area (Å²) in [7, 11) is 0. The lowest BCUT2D eigenvalue weighted by Crippen LogP contribution is -1.90. The Morgan fingerprint density at radius 3 is 1.72 bits per heavy atom. The van der Waals surface area contributed by atoms with Gasteiger partial charge in [0, 0.05) is 56.6 Å². The van der Waals surface area contributed by atoms with Crippen LogP contribution in [0.25, 0.3) is 99.3 Å². The lowest BCUT2D eigenvalue weighted by Gasteiger charge is -2.11. The summed E-state index contributed by atoms with van der Waals surface area (Å²) in [6.07, 6.45) is 5.49. The third kappa shape index (κ3) is 4.75. The Morgan fingerprint density at radius 1 is 0.320 bits per heavy atom. The molecule has 0 saturated carbocycles. The molecule has 0 aliphatic carbocycles. The molecule has 0 unspecified atom stereocenters. The number of para-hydroxylation sites is 1. The highest BCUT2D eigenvalue weighted by Crippen LogP contribution is 2.35. The highest BCUT2D eigenvalue weighted by Gasteiger charge is 2.12. The van der Waals surface area contributed by atoms with Gasteiger partial charge in [-0.15, -0.1) is 0 Å². The van der Waals surface area contributed by atoms with Crippen LogP contribution in [0.4, 0.5) is 0 Å². The van der Waals surface area contributed by atoms with Crippen LogP contribution in [-0.2, 0) is 0 Å². The highest BCUT2D eigenvalue weighted by atomic mass is 14.7. The molecule has 50 heavy (non-hydrogen) atoms. The van der Waals surface area contributed by atoms with Crippen LogP contribution < -0.4 is 0 Å². The van der Waals surface area contributed by atoms with Gasteiger partial charge in [0.2, 0.25) is 0 Å². The lowest BCUT2D eigenvalue weighted by molar-refractivity contribution is 1.36. The van der Waals surface area contributed by atoms with Crippen molar-refractivity contribution < 1.29 is 0 Å². The van der Waals surface area contributed by atoms with E-state index in [0.717, 1.165) is 99.3 Å². The minimum atomic E-state index is 0.906. The van der Waals surface area contributed by atoms with E-state index in [-0.39, 0.29) is 0 Å². The molecule has 0 bridgehead atoms. The zero-order valence-corrected chi connectivity index (χ0v) is 26.8. The fourth-order valence-corrected chi connectivity index (χ4v) is 7.05. The first-order valence-corrected chi connectivity index (χ1v) is 16.6. The Kier molecular flexibility index (Phi) is 6.42. The smallest absolute Gasteiger partial charge is 0.0970 e. The predicted molar refractivity (Wildman–Crippen MR) is 205 cm³/mol. The molecule has 5 aromatic carbocycles. The second-order valence-corrected chi connectivity index (χ2v) is 12.6. The van der Waals surface area contributed by atoms with Gasteiger partial charge in [-0.1, -0.05) is 97.1 Å². The first-order valence-electron chi connectivity index (χ1n) is 16.6. The molecule has 0 aliphatic heterocycles.